The number of nitrogens with two attached hydrogens (primary N) is 1. The Morgan fingerprint density at radius 1 is 1.47 bits per heavy atom. The number of aromatic nitrogens is 1. The van der Waals surface area contributed by atoms with Crippen molar-refractivity contribution in [2.45, 2.75) is 19.4 Å². The van der Waals surface area contributed by atoms with Gasteiger partial charge in [0.05, 0.1) is 6.04 Å². The molecule has 3 nitrogen and oxygen atoms in total. The van der Waals surface area contributed by atoms with Gasteiger partial charge < -0.3 is 5.73 Å². The third-order valence-corrected chi connectivity index (χ3v) is 3.61. The maximum absolute atomic E-state index is 13.4. The number of halogens is 2. The molecule has 0 aliphatic rings. The summed E-state index contributed by atoms with van der Waals surface area (Å²) in [4.78, 5) is 16.0. The molecule has 0 bridgehead atoms. The summed E-state index contributed by atoms with van der Waals surface area (Å²) in [5.41, 5.74) is 6.07. The van der Waals surface area contributed by atoms with Gasteiger partial charge in [-0.05, 0) is 18.6 Å². The van der Waals surface area contributed by atoms with Crippen LogP contribution in [0.3, 0.4) is 0 Å². The molecule has 0 aliphatic heterocycles. The molecular formula is C13H12F2N2OS. The monoisotopic (exact) mass is 282 g/mol. The summed E-state index contributed by atoms with van der Waals surface area (Å²) in [6, 6.07) is 2.91. The zero-order chi connectivity index (χ0) is 14.0. The van der Waals surface area contributed by atoms with Crippen molar-refractivity contribution in [1.82, 2.24) is 4.98 Å². The molecule has 0 amide bonds. The van der Waals surface area contributed by atoms with Crippen LogP contribution in [0.2, 0.25) is 0 Å². The molecule has 1 aromatic carbocycles. The molecular weight excluding hydrogens is 270 g/mol. The molecule has 1 unspecified atom stereocenters. The highest BCUT2D eigenvalue weighted by Crippen LogP contribution is 2.18. The lowest BCUT2D eigenvalue weighted by molar-refractivity contribution is 0.0987. The van der Waals surface area contributed by atoms with Crippen LogP contribution >= 0.6 is 11.3 Å². The smallest absolute Gasteiger partial charge is 0.186 e. The van der Waals surface area contributed by atoms with Crippen molar-refractivity contribution in [3.63, 3.8) is 0 Å². The number of thiazole rings is 1. The van der Waals surface area contributed by atoms with E-state index in [1.54, 1.807) is 12.3 Å². The van der Waals surface area contributed by atoms with E-state index in [0.717, 1.165) is 12.1 Å². The van der Waals surface area contributed by atoms with E-state index in [9.17, 15) is 13.6 Å². The number of carbonyl (C=O) groups excluding carboxylic acids is 1. The van der Waals surface area contributed by atoms with Gasteiger partial charge in [0.1, 0.15) is 22.3 Å². The van der Waals surface area contributed by atoms with Crippen LogP contribution in [0.25, 0.3) is 0 Å². The van der Waals surface area contributed by atoms with E-state index < -0.39 is 11.6 Å². The highest BCUT2D eigenvalue weighted by atomic mass is 32.1. The molecule has 0 radical (unpaired) electrons. The number of Topliss-reactive ketones (excluding diaryl/α,β-unsaturated/α-hetero) is 1. The van der Waals surface area contributed by atoms with Crippen LogP contribution < -0.4 is 5.73 Å². The molecule has 19 heavy (non-hydrogen) atoms. The number of nitrogens with zero attached hydrogens (tertiary/aromatic N) is 1. The predicted molar refractivity (Wildman–Crippen MR) is 69.1 cm³/mol. The number of rotatable bonds is 4. The Kier molecular flexibility index (Phi) is 4.01. The summed E-state index contributed by atoms with van der Waals surface area (Å²) < 4.78 is 26.2. The summed E-state index contributed by atoms with van der Waals surface area (Å²) in [5, 5.41) is 2.26. The van der Waals surface area contributed by atoms with E-state index >= 15 is 0 Å². The van der Waals surface area contributed by atoms with Crippen LogP contribution in [-0.4, -0.2) is 10.8 Å². The number of hydrogen-bond acceptors (Lipinski definition) is 4. The van der Waals surface area contributed by atoms with Gasteiger partial charge in [0.15, 0.2) is 5.78 Å². The minimum atomic E-state index is -0.726. The molecule has 2 aromatic rings. The minimum Gasteiger partial charge on any atom is -0.322 e. The van der Waals surface area contributed by atoms with Crippen molar-refractivity contribution < 1.29 is 13.6 Å². The van der Waals surface area contributed by atoms with Crippen molar-refractivity contribution in [1.29, 1.82) is 0 Å². The second-order valence-electron chi connectivity index (χ2n) is 4.20. The van der Waals surface area contributed by atoms with E-state index in [4.69, 9.17) is 5.73 Å². The Morgan fingerprint density at radius 3 is 2.79 bits per heavy atom. The first kappa shape index (κ1) is 13.8. The summed E-state index contributed by atoms with van der Waals surface area (Å²) in [6.45, 7) is 1.77. The fourth-order valence-electron chi connectivity index (χ4n) is 1.55. The fourth-order valence-corrected chi connectivity index (χ4v) is 2.34. The first-order valence-electron chi connectivity index (χ1n) is 5.65. The molecule has 0 fully saturated rings. The Morgan fingerprint density at radius 2 is 2.21 bits per heavy atom. The minimum absolute atomic E-state index is 0.145. The van der Waals surface area contributed by atoms with Gasteiger partial charge in [-0.15, -0.1) is 11.3 Å². The predicted octanol–water partition coefficient (Wildman–Crippen LogP) is 2.87. The van der Waals surface area contributed by atoms with Gasteiger partial charge in [-0.2, -0.15) is 0 Å². The largest absolute Gasteiger partial charge is 0.322 e. The molecule has 0 aliphatic carbocycles. The van der Waals surface area contributed by atoms with E-state index in [-0.39, 0.29) is 29.5 Å². The fraction of sp³-hybridized carbons (Fsp3) is 0.231. The molecule has 6 heteroatoms. The van der Waals surface area contributed by atoms with E-state index in [1.807, 2.05) is 0 Å². The molecule has 2 rings (SSSR count). The molecule has 2 N–H and O–H groups in total. The van der Waals surface area contributed by atoms with Crippen LogP contribution in [0.15, 0.2) is 23.6 Å². The van der Waals surface area contributed by atoms with Crippen LogP contribution in [-0.2, 0) is 6.42 Å². The molecule has 0 saturated carbocycles. The van der Waals surface area contributed by atoms with Crippen molar-refractivity contribution in [2.24, 2.45) is 5.73 Å². The lowest BCUT2D eigenvalue weighted by Crippen LogP contribution is -2.08. The molecule has 100 valence electrons. The molecule has 0 saturated heterocycles. The lowest BCUT2D eigenvalue weighted by Gasteiger charge is -2.01. The summed E-state index contributed by atoms with van der Waals surface area (Å²) >= 11 is 1.29. The van der Waals surface area contributed by atoms with Gasteiger partial charge in [-0.3, -0.25) is 4.79 Å². The zero-order valence-corrected chi connectivity index (χ0v) is 11.0. The topological polar surface area (TPSA) is 56.0 Å². The lowest BCUT2D eigenvalue weighted by atomic mass is 10.1. The Balaban J connectivity index is 2.16. The zero-order valence-electron chi connectivity index (χ0n) is 10.2. The molecule has 1 atom stereocenters. The van der Waals surface area contributed by atoms with Gasteiger partial charge in [-0.1, -0.05) is 6.07 Å². The van der Waals surface area contributed by atoms with E-state index in [2.05, 4.69) is 4.98 Å². The van der Waals surface area contributed by atoms with Gasteiger partial charge in [0, 0.05) is 17.9 Å². The van der Waals surface area contributed by atoms with Crippen LogP contribution in [0.5, 0.6) is 0 Å². The quantitative estimate of drug-likeness (QED) is 0.877. The summed E-state index contributed by atoms with van der Waals surface area (Å²) in [7, 11) is 0. The second kappa shape index (κ2) is 5.54. The van der Waals surface area contributed by atoms with Crippen LogP contribution in [0.4, 0.5) is 8.78 Å². The average molecular weight is 282 g/mol. The highest BCUT2D eigenvalue weighted by Gasteiger charge is 2.15. The standard InChI is InChI=1S/C13H12F2N2OS/c1-7(16)13-17-11(6-19-13)12(18)4-8-2-3-9(14)5-10(8)15/h2-3,5-7H,4,16H2,1H3. The van der Waals surface area contributed by atoms with E-state index in [1.165, 1.54) is 17.4 Å². The SMILES string of the molecule is CC(N)c1nc(C(=O)Cc2ccc(F)cc2F)cs1. The maximum atomic E-state index is 13.4. The average Bonchev–Trinajstić information content (AvgIpc) is 2.82. The molecule has 1 heterocycles. The van der Waals surface area contributed by atoms with Gasteiger partial charge >= 0.3 is 0 Å². The molecule has 0 spiro atoms. The van der Waals surface area contributed by atoms with Crippen molar-refractivity contribution >= 4 is 17.1 Å². The number of ketones is 1. The Bertz CT molecular complexity index is 610. The van der Waals surface area contributed by atoms with Crippen LogP contribution in [0, 0.1) is 11.6 Å². The van der Waals surface area contributed by atoms with Gasteiger partial charge in [0.25, 0.3) is 0 Å². The summed E-state index contributed by atoms with van der Waals surface area (Å²) in [6.07, 6.45) is -0.145. The molecule has 1 aromatic heterocycles. The first-order chi connectivity index (χ1) is 8.97. The number of benzene rings is 1. The second-order valence-corrected chi connectivity index (χ2v) is 5.09. The maximum Gasteiger partial charge on any atom is 0.186 e. The summed E-state index contributed by atoms with van der Waals surface area (Å²) in [5.74, 6) is -1.70. The van der Waals surface area contributed by atoms with Crippen LogP contribution in [0.1, 0.15) is 34.0 Å². The third-order valence-electron chi connectivity index (χ3n) is 2.56. The van der Waals surface area contributed by atoms with Crippen molar-refractivity contribution in [3.05, 3.63) is 51.5 Å². The first-order valence-corrected chi connectivity index (χ1v) is 6.53. The number of carbonyl (C=O) groups is 1. The Labute approximate surface area is 113 Å². The van der Waals surface area contributed by atoms with Crippen molar-refractivity contribution in [3.8, 4) is 0 Å². The number of hydrogen-bond donors (Lipinski definition) is 1. The van der Waals surface area contributed by atoms with Gasteiger partial charge in [-0.25, -0.2) is 13.8 Å². The normalized spacial score (nSPS) is 12.4. The van der Waals surface area contributed by atoms with Gasteiger partial charge in [0.2, 0.25) is 0 Å². The highest BCUT2D eigenvalue weighted by molar-refractivity contribution is 7.09. The third kappa shape index (κ3) is 3.21. The van der Waals surface area contributed by atoms with Crippen molar-refractivity contribution in [2.75, 3.05) is 0 Å². The Hall–Kier alpha value is -1.66. The van der Waals surface area contributed by atoms with E-state index in [0.29, 0.717) is 5.01 Å².